The van der Waals surface area contributed by atoms with E-state index in [1.807, 2.05) is 13.8 Å². The van der Waals surface area contributed by atoms with Crippen LogP contribution in [0.4, 0.5) is 0 Å². The van der Waals surface area contributed by atoms with E-state index in [0.717, 1.165) is 25.1 Å². The average molecular weight is 218 g/mol. The second kappa shape index (κ2) is 8.12. The average Bonchev–Trinajstić information content (AvgIpc) is 2.14. The van der Waals surface area contributed by atoms with Crippen molar-refractivity contribution in [3.63, 3.8) is 0 Å². The zero-order chi connectivity index (χ0) is 11.0. The maximum absolute atomic E-state index is 11.5. The third-order valence-electron chi connectivity index (χ3n) is 1.81. The topological polar surface area (TPSA) is 55.1 Å². The molecular weight excluding hydrogens is 196 g/mol. The maximum atomic E-state index is 11.5. The standard InChI is InChI=1S/C10H22N2OS/c1-4-5-6-12-10(13)9(3)14-7-8(2)11/h8-9H,4-7,11H2,1-3H3,(H,12,13). The molecule has 0 aliphatic carbocycles. The summed E-state index contributed by atoms with van der Waals surface area (Å²) >= 11 is 1.61. The van der Waals surface area contributed by atoms with Gasteiger partial charge in [0, 0.05) is 18.3 Å². The van der Waals surface area contributed by atoms with Crippen molar-refractivity contribution >= 4 is 17.7 Å². The molecule has 0 heterocycles. The summed E-state index contributed by atoms with van der Waals surface area (Å²) in [5.74, 6) is 0.964. The summed E-state index contributed by atoms with van der Waals surface area (Å²) < 4.78 is 0. The highest BCUT2D eigenvalue weighted by atomic mass is 32.2. The number of nitrogens with one attached hydrogen (secondary N) is 1. The molecule has 0 radical (unpaired) electrons. The van der Waals surface area contributed by atoms with Crippen molar-refractivity contribution in [3.05, 3.63) is 0 Å². The fraction of sp³-hybridized carbons (Fsp3) is 0.900. The van der Waals surface area contributed by atoms with E-state index in [1.165, 1.54) is 0 Å². The smallest absolute Gasteiger partial charge is 0.232 e. The predicted molar refractivity (Wildman–Crippen MR) is 63.5 cm³/mol. The zero-order valence-electron chi connectivity index (χ0n) is 9.38. The van der Waals surface area contributed by atoms with Crippen LogP contribution in [0.3, 0.4) is 0 Å². The highest BCUT2D eigenvalue weighted by Gasteiger charge is 2.12. The molecule has 84 valence electrons. The number of carbonyl (C=O) groups is 1. The van der Waals surface area contributed by atoms with E-state index in [-0.39, 0.29) is 17.2 Å². The Hall–Kier alpha value is -0.220. The number of hydrogen-bond donors (Lipinski definition) is 2. The van der Waals surface area contributed by atoms with E-state index < -0.39 is 0 Å². The van der Waals surface area contributed by atoms with Crippen molar-refractivity contribution in [2.45, 2.75) is 44.9 Å². The van der Waals surface area contributed by atoms with Gasteiger partial charge in [-0.25, -0.2) is 0 Å². The number of carbonyl (C=O) groups excluding carboxylic acids is 1. The van der Waals surface area contributed by atoms with Crippen LogP contribution in [-0.4, -0.2) is 29.5 Å². The summed E-state index contributed by atoms with van der Waals surface area (Å²) in [4.78, 5) is 11.5. The van der Waals surface area contributed by atoms with Gasteiger partial charge in [0.25, 0.3) is 0 Å². The normalized spacial score (nSPS) is 14.9. The number of unbranched alkanes of at least 4 members (excludes halogenated alkanes) is 1. The van der Waals surface area contributed by atoms with E-state index in [1.54, 1.807) is 11.8 Å². The van der Waals surface area contributed by atoms with Gasteiger partial charge in [-0.2, -0.15) is 0 Å². The minimum absolute atomic E-state index is 0.0119. The Kier molecular flexibility index (Phi) is 7.99. The Morgan fingerprint density at radius 2 is 2.14 bits per heavy atom. The molecule has 2 atom stereocenters. The molecule has 14 heavy (non-hydrogen) atoms. The molecule has 2 unspecified atom stereocenters. The molecular formula is C10H22N2OS. The molecule has 0 rings (SSSR count). The first-order valence-corrected chi connectivity index (χ1v) is 6.27. The lowest BCUT2D eigenvalue weighted by Crippen LogP contribution is -2.32. The van der Waals surface area contributed by atoms with Crippen molar-refractivity contribution < 1.29 is 4.79 Å². The molecule has 0 aromatic heterocycles. The van der Waals surface area contributed by atoms with Crippen molar-refractivity contribution in [3.8, 4) is 0 Å². The Morgan fingerprint density at radius 1 is 1.50 bits per heavy atom. The summed E-state index contributed by atoms with van der Waals surface area (Å²) in [6.07, 6.45) is 2.16. The highest BCUT2D eigenvalue weighted by molar-refractivity contribution is 8.00. The van der Waals surface area contributed by atoms with E-state index >= 15 is 0 Å². The monoisotopic (exact) mass is 218 g/mol. The van der Waals surface area contributed by atoms with Crippen molar-refractivity contribution in [2.75, 3.05) is 12.3 Å². The Balaban J connectivity index is 3.54. The lowest BCUT2D eigenvalue weighted by Gasteiger charge is -2.12. The van der Waals surface area contributed by atoms with E-state index in [0.29, 0.717) is 0 Å². The van der Waals surface area contributed by atoms with Crippen LogP contribution < -0.4 is 11.1 Å². The third kappa shape index (κ3) is 7.21. The molecule has 0 aliphatic rings. The third-order valence-corrected chi connectivity index (χ3v) is 3.24. The molecule has 0 bridgehead atoms. The molecule has 0 aromatic carbocycles. The summed E-state index contributed by atoms with van der Waals surface area (Å²) in [5.41, 5.74) is 5.61. The lowest BCUT2D eigenvalue weighted by atomic mass is 10.3. The number of hydrogen-bond acceptors (Lipinski definition) is 3. The van der Waals surface area contributed by atoms with Crippen molar-refractivity contribution in [2.24, 2.45) is 5.73 Å². The number of thioether (sulfide) groups is 1. The van der Waals surface area contributed by atoms with Gasteiger partial charge in [0.05, 0.1) is 5.25 Å². The first kappa shape index (κ1) is 13.8. The highest BCUT2D eigenvalue weighted by Crippen LogP contribution is 2.10. The van der Waals surface area contributed by atoms with E-state index in [2.05, 4.69) is 12.2 Å². The summed E-state index contributed by atoms with van der Waals surface area (Å²) in [6, 6.07) is 0.158. The lowest BCUT2D eigenvalue weighted by molar-refractivity contribution is -0.120. The molecule has 1 amide bonds. The van der Waals surface area contributed by atoms with E-state index in [4.69, 9.17) is 5.73 Å². The SMILES string of the molecule is CCCCNC(=O)C(C)SCC(C)N. The molecule has 0 saturated carbocycles. The molecule has 0 aromatic rings. The molecule has 0 aliphatic heterocycles. The second-order valence-electron chi connectivity index (χ2n) is 3.60. The Labute approximate surface area is 91.2 Å². The van der Waals surface area contributed by atoms with Gasteiger partial charge in [-0.05, 0) is 20.3 Å². The first-order chi connectivity index (χ1) is 6.57. The summed E-state index contributed by atoms with van der Waals surface area (Å²) in [6.45, 7) is 6.78. The van der Waals surface area contributed by atoms with Crippen LogP contribution in [0.25, 0.3) is 0 Å². The van der Waals surface area contributed by atoms with Gasteiger partial charge in [-0.1, -0.05) is 13.3 Å². The summed E-state index contributed by atoms with van der Waals surface area (Å²) in [5, 5.41) is 2.92. The van der Waals surface area contributed by atoms with Crippen LogP contribution in [0.5, 0.6) is 0 Å². The van der Waals surface area contributed by atoms with Crippen LogP contribution in [0, 0.1) is 0 Å². The van der Waals surface area contributed by atoms with Gasteiger partial charge < -0.3 is 11.1 Å². The predicted octanol–water partition coefficient (Wildman–Crippen LogP) is 1.37. The molecule has 0 fully saturated rings. The van der Waals surface area contributed by atoms with Crippen LogP contribution >= 0.6 is 11.8 Å². The van der Waals surface area contributed by atoms with Gasteiger partial charge in [0.2, 0.25) is 5.91 Å². The minimum atomic E-state index is 0.0119. The fourth-order valence-electron chi connectivity index (χ4n) is 0.904. The molecule has 0 saturated heterocycles. The Morgan fingerprint density at radius 3 is 2.64 bits per heavy atom. The van der Waals surface area contributed by atoms with Crippen LogP contribution in [0.1, 0.15) is 33.6 Å². The number of nitrogens with two attached hydrogens (primary N) is 1. The van der Waals surface area contributed by atoms with Crippen LogP contribution in [-0.2, 0) is 4.79 Å². The van der Waals surface area contributed by atoms with Gasteiger partial charge >= 0.3 is 0 Å². The number of rotatable bonds is 7. The fourth-order valence-corrected chi connectivity index (χ4v) is 1.73. The van der Waals surface area contributed by atoms with Crippen LogP contribution in [0.2, 0.25) is 0 Å². The van der Waals surface area contributed by atoms with E-state index in [9.17, 15) is 4.79 Å². The van der Waals surface area contributed by atoms with Gasteiger partial charge in [0.15, 0.2) is 0 Å². The van der Waals surface area contributed by atoms with Crippen molar-refractivity contribution in [1.29, 1.82) is 0 Å². The maximum Gasteiger partial charge on any atom is 0.232 e. The first-order valence-electron chi connectivity index (χ1n) is 5.22. The summed E-state index contributed by atoms with van der Waals surface area (Å²) in [7, 11) is 0. The van der Waals surface area contributed by atoms with Gasteiger partial charge in [0.1, 0.15) is 0 Å². The quantitative estimate of drug-likeness (QED) is 0.635. The largest absolute Gasteiger partial charge is 0.355 e. The molecule has 3 N–H and O–H groups in total. The minimum Gasteiger partial charge on any atom is -0.355 e. The zero-order valence-corrected chi connectivity index (χ0v) is 10.2. The van der Waals surface area contributed by atoms with Crippen LogP contribution in [0.15, 0.2) is 0 Å². The number of amides is 1. The molecule has 3 nitrogen and oxygen atoms in total. The molecule has 0 spiro atoms. The van der Waals surface area contributed by atoms with Crippen molar-refractivity contribution in [1.82, 2.24) is 5.32 Å². The van der Waals surface area contributed by atoms with Gasteiger partial charge in [-0.3, -0.25) is 4.79 Å². The Bertz CT molecular complexity index is 162. The molecule has 4 heteroatoms. The second-order valence-corrected chi connectivity index (χ2v) is 4.97. The van der Waals surface area contributed by atoms with Gasteiger partial charge in [-0.15, -0.1) is 11.8 Å².